The largest absolute Gasteiger partial charge is 0.387 e. The van der Waals surface area contributed by atoms with Gasteiger partial charge in [-0.15, -0.1) is 0 Å². The van der Waals surface area contributed by atoms with E-state index in [2.05, 4.69) is 0 Å². The molecule has 2 rings (SSSR count). The van der Waals surface area contributed by atoms with Crippen LogP contribution in [0.1, 0.15) is 25.3 Å². The molecule has 0 bridgehead atoms. The van der Waals surface area contributed by atoms with Gasteiger partial charge in [-0.2, -0.15) is 8.42 Å². The van der Waals surface area contributed by atoms with Gasteiger partial charge in [0.1, 0.15) is 24.4 Å². The van der Waals surface area contributed by atoms with E-state index in [1.807, 2.05) is 13.8 Å². The minimum atomic E-state index is -4.05. The van der Waals surface area contributed by atoms with E-state index >= 15 is 0 Å². The number of aryl methyl sites for hydroxylation is 1. The molecule has 1 aromatic carbocycles. The highest BCUT2D eigenvalue weighted by atomic mass is 32.2. The number of ether oxygens (including phenoxy) is 2. The summed E-state index contributed by atoms with van der Waals surface area (Å²) in [7, 11) is -4.05. The molecule has 8 nitrogen and oxygen atoms in total. The normalized spacial score (nSPS) is 29.7. The highest BCUT2D eigenvalue weighted by Gasteiger charge is 2.44. The van der Waals surface area contributed by atoms with E-state index < -0.39 is 47.4 Å². The second-order valence-electron chi connectivity index (χ2n) is 6.29. The average molecular weight is 390 g/mol. The van der Waals surface area contributed by atoms with Crippen LogP contribution in [0.25, 0.3) is 0 Å². The van der Waals surface area contributed by atoms with Crippen LogP contribution in [0.4, 0.5) is 0 Å². The lowest BCUT2D eigenvalue weighted by Gasteiger charge is -2.40. The zero-order valence-electron chi connectivity index (χ0n) is 14.8. The van der Waals surface area contributed by atoms with Crippen LogP contribution < -0.4 is 0 Å². The van der Waals surface area contributed by atoms with Gasteiger partial charge in [-0.1, -0.05) is 31.0 Å². The Morgan fingerprint density at radius 2 is 1.73 bits per heavy atom. The van der Waals surface area contributed by atoms with E-state index in [4.69, 9.17) is 13.7 Å². The summed E-state index contributed by atoms with van der Waals surface area (Å²) in [6, 6.07) is 6.11. The molecule has 0 aromatic heterocycles. The average Bonchev–Trinajstić information content (AvgIpc) is 2.61. The first-order valence-electron chi connectivity index (χ1n) is 8.53. The first-order valence-corrected chi connectivity index (χ1v) is 9.94. The highest BCUT2D eigenvalue weighted by molar-refractivity contribution is 7.86. The second-order valence-corrected chi connectivity index (χ2v) is 7.91. The molecule has 3 N–H and O–H groups in total. The monoisotopic (exact) mass is 390 g/mol. The predicted octanol–water partition coefficient (Wildman–Crippen LogP) is 0.325. The number of aliphatic hydroxyl groups is 3. The van der Waals surface area contributed by atoms with Crippen molar-refractivity contribution in [3.8, 4) is 0 Å². The van der Waals surface area contributed by atoms with Gasteiger partial charge >= 0.3 is 0 Å². The molecule has 1 aromatic rings. The number of rotatable bonds is 8. The summed E-state index contributed by atoms with van der Waals surface area (Å²) in [5.41, 5.74) is 0.902. The van der Waals surface area contributed by atoms with Crippen molar-refractivity contribution in [1.82, 2.24) is 0 Å². The van der Waals surface area contributed by atoms with Crippen LogP contribution in [0.2, 0.25) is 0 Å². The Morgan fingerprint density at radius 1 is 1.08 bits per heavy atom. The van der Waals surface area contributed by atoms with Crippen LogP contribution in [-0.4, -0.2) is 67.7 Å². The van der Waals surface area contributed by atoms with Crippen molar-refractivity contribution in [3.63, 3.8) is 0 Å². The Bertz CT molecular complexity index is 660. The number of hydrogen-bond acceptors (Lipinski definition) is 8. The van der Waals surface area contributed by atoms with Gasteiger partial charge in [0.2, 0.25) is 0 Å². The van der Waals surface area contributed by atoms with Crippen LogP contribution in [0.5, 0.6) is 0 Å². The van der Waals surface area contributed by atoms with Crippen LogP contribution in [0.15, 0.2) is 29.2 Å². The molecule has 148 valence electrons. The van der Waals surface area contributed by atoms with E-state index in [0.29, 0.717) is 6.61 Å². The Labute approximate surface area is 153 Å². The van der Waals surface area contributed by atoms with Gasteiger partial charge in [-0.25, -0.2) is 0 Å². The maximum absolute atomic E-state index is 12.2. The third kappa shape index (κ3) is 5.23. The van der Waals surface area contributed by atoms with Gasteiger partial charge in [0.25, 0.3) is 10.1 Å². The quantitative estimate of drug-likeness (QED) is 0.429. The fourth-order valence-electron chi connectivity index (χ4n) is 2.47. The van der Waals surface area contributed by atoms with Crippen molar-refractivity contribution < 1.29 is 37.4 Å². The van der Waals surface area contributed by atoms with Crippen molar-refractivity contribution >= 4 is 10.1 Å². The maximum atomic E-state index is 12.2. The lowest BCUT2D eigenvalue weighted by Crippen LogP contribution is -2.59. The van der Waals surface area contributed by atoms with Gasteiger partial charge < -0.3 is 24.8 Å². The minimum Gasteiger partial charge on any atom is -0.387 e. The predicted molar refractivity (Wildman–Crippen MR) is 91.9 cm³/mol. The summed E-state index contributed by atoms with van der Waals surface area (Å²) >= 11 is 0. The van der Waals surface area contributed by atoms with Crippen molar-refractivity contribution in [2.75, 3.05) is 13.2 Å². The van der Waals surface area contributed by atoms with Crippen molar-refractivity contribution in [3.05, 3.63) is 29.8 Å². The third-order valence-corrected chi connectivity index (χ3v) is 5.44. The zero-order valence-corrected chi connectivity index (χ0v) is 15.6. The standard InChI is InChI=1S/C17H26O8S/c1-3-4-9-23-17-16(20)15(19)14(18)13(25-17)10-24-26(21,22)12-7-5-11(2)6-8-12/h5-8,13-20H,3-4,9-10H2,1-2H3/t13-,14-,15+,16+,17+/m1/s1. The van der Waals surface area contributed by atoms with Gasteiger partial charge in [-0.3, -0.25) is 4.18 Å². The van der Waals surface area contributed by atoms with Crippen LogP contribution >= 0.6 is 0 Å². The Hall–Kier alpha value is -1.07. The van der Waals surface area contributed by atoms with E-state index in [-0.39, 0.29) is 4.90 Å². The molecule has 0 radical (unpaired) electrons. The topological polar surface area (TPSA) is 123 Å². The molecule has 0 saturated carbocycles. The van der Waals surface area contributed by atoms with E-state index in [0.717, 1.165) is 18.4 Å². The first-order chi connectivity index (χ1) is 12.3. The molecule has 1 aliphatic rings. The van der Waals surface area contributed by atoms with Crippen LogP contribution in [0.3, 0.4) is 0 Å². The summed E-state index contributed by atoms with van der Waals surface area (Å²) in [5.74, 6) is 0. The van der Waals surface area contributed by atoms with E-state index in [9.17, 15) is 23.7 Å². The zero-order chi connectivity index (χ0) is 19.3. The number of benzene rings is 1. The van der Waals surface area contributed by atoms with E-state index in [1.165, 1.54) is 12.1 Å². The van der Waals surface area contributed by atoms with Gasteiger partial charge in [0.15, 0.2) is 6.29 Å². The molecule has 9 heteroatoms. The molecule has 1 aliphatic heterocycles. The SMILES string of the molecule is CCCCO[C@H]1O[C@H](COS(=O)(=O)c2ccc(C)cc2)[C@@H](O)[C@H](O)[C@@H]1O. The minimum absolute atomic E-state index is 0.0234. The molecule has 0 amide bonds. The van der Waals surface area contributed by atoms with Crippen molar-refractivity contribution in [2.24, 2.45) is 0 Å². The number of hydrogen-bond donors (Lipinski definition) is 3. The van der Waals surface area contributed by atoms with Gasteiger partial charge in [0.05, 0.1) is 11.5 Å². The molecule has 26 heavy (non-hydrogen) atoms. The number of unbranched alkanes of at least 4 members (excludes halogenated alkanes) is 1. The van der Waals surface area contributed by atoms with Crippen LogP contribution in [0, 0.1) is 6.92 Å². The molecule has 1 heterocycles. The molecule has 1 saturated heterocycles. The van der Waals surface area contributed by atoms with Gasteiger partial charge in [-0.05, 0) is 25.5 Å². The lowest BCUT2D eigenvalue weighted by atomic mass is 9.99. The first kappa shape index (κ1) is 21.2. The molecule has 1 fully saturated rings. The fraction of sp³-hybridized carbons (Fsp3) is 0.647. The van der Waals surface area contributed by atoms with E-state index in [1.54, 1.807) is 12.1 Å². The molecular weight excluding hydrogens is 364 g/mol. The van der Waals surface area contributed by atoms with Crippen LogP contribution in [-0.2, 0) is 23.8 Å². The van der Waals surface area contributed by atoms with Crippen molar-refractivity contribution in [2.45, 2.75) is 62.3 Å². The Balaban J connectivity index is 2.01. The fourth-order valence-corrected chi connectivity index (χ4v) is 3.38. The molecule has 0 spiro atoms. The molecule has 0 aliphatic carbocycles. The van der Waals surface area contributed by atoms with Crippen molar-refractivity contribution in [1.29, 1.82) is 0 Å². The molecule has 5 atom stereocenters. The molecular formula is C17H26O8S. The second kappa shape index (κ2) is 9.23. The highest BCUT2D eigenvalue weighted by Crippen LogP contribution is 2.24. The summed E-state index contributed by atoms with van der Waals surface area (Å²) in [4.78, 5) is -0.0234. The lowest BCUT2D eigenvalue weighted by molar-refractivity contribution is -0.299. The maximum Gasteiger partial charge on any atom is 0.297 e. The smallest absolute Gasteiger partial charge is 0.297 e. The summed E-state index contributed by atoms with van der Waals surface area (Å²) < 4.78 is 40.2. The Kier molecular flexibility index (Phi) is 7.53. The molecule has 0 unspecified atom stereocenters. The summed E-state index contributed by atoms with van der Waals surface area (Å²) in [5, 5.41) is 29.9. The third-order valence-electron chi connectivity index (χ3n) is 4.15. The summed E-state index contributed by atoms with van der Waals surface area (Å²) in [6.07, 6.45) is -5.22. The Morgan fingerprint density at radius 3 is 2.35 bits per heavy atom. The van der Waals surface area contributed by atoms with Gasteiger partial charge in [0, 0.05) is 6.61 Å². The summed E-state index contributed by atoms with van der Waals surface area (Å²) in [6.45, 7) is 3.58. The number of aliphatic hydroxyl groups excluding tert-OH is 3.